The smallest absolute Gasteiger partial charge is 0.307 e. The minimum atomic E-state index is -0.218. The van der Waals surface area contributed by atoms with Crippen molar-refractivity contribution in [3.63, 3.8) is 0 Å². The Morgan fingerprint density at radius 3 is 2.35 bits per heavy atom. The first-order valence-electron chi connectivity index (χ1n) is 8.59. The van der Waals surface area contributed by atoms with Crippen LogP contribution in [0, 0.1) is 23.7 Å². The van der Waals surface area contributed by atoms with Crippen LogP contribution < -0.4 is 0 Å². The highest BCUT2D eigenvalue weighted by molar-refractivity contribution is 5.71. The van der Waals surface area contributed by atoms with E-state index in [-0.39, 0.29) is 11.9 Å². The number of rotatable bonds is 8. The summed E-state index contributed by atoms with van der Waals surface area (Å²) in [4.78, 5) is 11.5. The molecular weight excluding hydrogens is 284 g/mol. The summed E-state index contributed by atoms with van der Waals surface area (Å²) in [7, 11) is 1.42. The third-order valence-electron chi connectivity index (χ3n) is 4.57. The number of ether oxygens (including phenoxy) is 1. The van der Waals surface area contributed by atoms with Crippen molar-refractivity contribution in [3.05, 3.63) is 35.4 Å². The van der Waals surface area contributed by atoms with Crippen molar-refractivity contribution >= 4 is 5.97 Å². The molecule has 0 aliphatic carbocycles. The van der Waals surface area contributed by atoms with E-state index in [1.165, 1.54) is 25.5 Å². The van der Waals surface area contributed by atoms with E-state index in [0.717, 1.165) is 23.8 Å². The van der Waals surface area contributed by atoms with Crippen LogP contribution in [-0.2, 0) is 16.0 Å². The van der Waals surface area contributed by atoms with Crippen molar-refractivity contribution in [2.75, 3.05) is 7.11 Å². The zero-order valence-corrected chi connectivity index (χ0v) is 15.2. The molecule has 1 aromatic rings. The molecule has 1 rings (SSSR count). The van der Waals surface area contributed by atoms with E-state index in [0.29, 0.717) is 6.42 Å². The van der Waals surface area contributed by atoms with E-state index in [9.17, 15) is 4.79 Å². The Balaban J connectivity index is 2.73. The summed E-state index contributed by atoms with van der Waals surface area (Å²) >= 11 is 0. The molecule has 0 amide bonds. The van der Waals surface area contributed by atoms with Crippen LogP contribution in [0.3, 0.4) is 0 Å². The Labute approximate surface area is 141 Å². The molecule has 0 aliphatic rings. The fraction of sp³-hybridized carbons (Fsp3) is 0.571. The fourth-order valence-corrected chi connectivity index (χ4v) is 2.95. The van der Waals surface area contributed by atoms with E-state index in [1.54, 1.807) is 6.92 Å². The molecule has 2 atom stereocenters. The van der Waals surface area contributed by atoms with Gasteiger partial charge >= 0.3 is 5.97 Å². The van der Waals surface area contributed by atoms with Crippen molar-refractivity contribution in [2.24, 2.45) is 11.8 Å². The van der Waals surface area contributed by atoms with Crippen LogP contribution >= 0.6 is 0 Å². The highest BCUT2D eigenvalue weighted by atomic mass is 16.5. The number of carbonyl (C=O) groups excluding carboxylic acids is 1. The van der Waals surface area contributed by atoms with Crippen molar-refractivity contribution < 1.29 is 9.53 Å². The maximum Gasteiger partial charge on any atom is 0.307 e. The van der Waals surface area contributed by atoms with E-state index >= 15 is 0 Å². The van der Waals surface area contributed by atoms with Gasteiger partial charge in [0, 0.05) is 0 Å². The molecule has 0 N–H and O–H groups in total. The SMILES string of the molecule is CC#CC(CC(=O)OC)c1ccc(CCC(CC)C(C)C)cc1. The topological polar surface area (TPSA) is 26.3 Å². The zero-order valence-electron chi connectivity index (χ0n) is 15.2. The summed E-state index contributed by atoms with van der Waals surface area (Å²) in [6.45, 7) is 8.68. The normalized spacial score (nSPS) is 13.1. The molecule has 2 heteroatoms. The van der Waals surface area contributed by atoms with Gasteiger partial charge in [-0.15, -0.1) is 5.92 Å². The van der Waals surface area contributed by atoms with Crippen molar-refractivity contribution in [2.45, 2.75) is 59.3 Å². The molecule has 0 spiro atoms. The van der Waals surface area contributed by atoms with Gasteiger partial charge in [0.2, 0.25) is 0 Å². The Hall–Kier alpha value is -1.75. The van der Waals surface area contributed by atoms with E-state index in [4.69, 9.17) is 4.74 Å². The molecule has 2 nitrogen and oxygen atoms in total. The first kappa shape index (κ1) is 19.3. The second-order valence-corrected chi connectivity index (χ2v) is 6.42. The molecule has 0 aliphatic heterocycles. The maximum absolute atomic E-state index is 11.5. The second kappa shape index (κ2) is 10.1. The lowest BCUT2D eigenvalue weighted by molar-refractivity contribution is -0.140. The van der Waals surface area contributed by atoms with Crippen LogP contribution in [0.25, 0.3) is 0 Å². The monoisotopic (exact) mass is 314 g/mol. The van der Waals surface area contributed by atoms with Gasteiger partial charge in [-0.1, -0.05) is 57.4 Å². The fourth-order valence-electron chi connectivity index (χ4n) is 2.95. The summed E-state index contributed by atoms with van der Waals surface area (Å²) in [6.07, 6.45) is 3.89. The zero-order chi connectivity index (χ0) is 17.2. The molecule has 0 heterocycles. The van der Waals surface area contributed by atoms with Gasteiger partial charge in [0.25, 0.3) is 0 Å². The third kappa shape index (κ3) is 6.48. The summed E-state index contributed by atoms with van der Waals surface area (Å²) in [5, 5.41) is 0. The first-order valence-corrected chi connectivity index (χ1v) is 8.59. The summed E-state index contributed by atoms with van der Waals surface area (Å²) in [5.41, 5.74) is 2.44. The molecular formula is C21H30O2. The van der Waals surface area contributed by atoms with Gasteiger partial charge in [-0.3, -0.25) is 4.79 Å². The van der Waals surface area contributed by atoms with E-state index in [1.807, 2.05) is 0 Å². The number of aryl methyl sites for hydroxylation is 1. The molecule has 1 aromatic carbocycles. The Morgan fingerprint density at radius 2 is 1.87 bits per heavy atom. The molecule has 2 unspecified atom stereocenters. The number of methoxy groups -OCH3 is 1. The number of hydrogen-bond acceptors (Lipinski definition) is 2. The number of esters is 1. The second-order valence-electron chi connectivity index (χ2n) is 6.42. The molecule has 0 saturated carbocycles. The van der Waals surface area contributed by atoms with Gasteiger partial charge in [0.05, 0.1) is 19.4 Å². The number of hydrogen-bond donors (Lipinski definition) is 0. The van der Waals surface area contributed by atoms with Gasteiger partial charge in [-0.2, -0.15) is 0 Å². The van der Waals surface area contributed by atoms with E-state index < -0.39 is 0 Å². The third-order valence-corrected chi connectivity index (χ3v) is 4.57. The van der Waals surface area contributed by atoms with Crippen LogP contribution in [0.4, 0.5) is 0 Å². The molecule has 23 heavy (non-hydrogen) atoms. The van der Waals surface area contributed by atoms with Crippen LogP contribution in [0.2, 0.25) is 0 Å². The summed E-state index contributed by atoms with van der Waals surface area (Å²) in [5.74, 6) is 7.24. The molecule has 0 radical (unpaired) electrons. The molecule has 0 saturated heterocycles. The maximum atomic E-state index is 11.5. The predicted molar refractivity (Wildman–Crippen MR) is 96.2 cm³/mol. The van der Waals surface area contributed by atoms with Crippen LogP contribution in [0.15, 0.2) is 24.3 Å². The molecule has 0 fully saturated rings. The molecule has 0 bridgehead atoms. The lowest BCUT2D eigenvalue weighted by atomic mass is 9.87. The van der Waals surface area contributed by atoms with Gasteiger partial charge in [-0.05, 0) is 42.7 Å². The van der Waals surface area contributed by atoms with Crippen LogP contribution in [0.1, 0.15) is 64.0 Å². The van der Waals surface area contributed by atoms with Gasteiger partial charge in [0.1, 0.15) is 0 Å². The van der Waals surface area contributed by atoms with Crippen molar-refractivity contribution in [1.82, 2.24) is 0 Å². The molecule has 0 aromatic heterocycles. The Bertz CT molecular complexity index is 531. The lowest BCUT2D eigenvalue weighted by Gasteiger charge is -2.19. The van der Waals surface area contributed by atoms with Gasteiger partial charge in [0.15, 0.2) is 0 Å². The minimum Gasteiger partial charge on any atom is -0.469 e. The first-order chi connectivity index (χ1) is 11.0. The van der Waals surface area contributed by atoms with Crippen molar-refractivity contribution in [3.8, 4) is 11.8 Å². The van der Waals surface area contributed by atoms with Crippen molar-refractivity contribution in [1.29, 1.82) is 0 Å². The average Bonchev–Trinajstić information content (AvgIpc) is 2.55. The van der Waals surface area contributed by atoms with Gasteiger partial charge < -0.3 is 4.74 Å². The van der Waals surface area contributed by atoms with E-state index in [2.05, 4.69) is 56.9 Å². The predicted octanol–water partition coefficient (Wildman–Crippen LogP) is 4.97. The molecule has 126 valence electrons. The highest BCUT2D eigenvalue weighted by Crippen LogP contribution is 2.23. The van der Waals surface area contributed by atoms with Crippen LogP contribution in [-0.4, -0.2) is 13.1 Å². The summed E-state index contributed by atoms with van der Waals surface area (Å²) in [6, 6.07) is 8.54. The number of benzene rings is 1. The average molecular weight is 314 g/mol. The minimum absolute atomic E-state index is 0.0828. The standard InChI is InChI=1S/C21H30O2/c1-6-8-20(15-21(22)23-5)19-13-10-17(11-14-19)9-12-18(7-2)16(3)4/h10-11,13-14,16,18,20H,7,9,12,15H2,1-5H3. The largest absolute Gasteiger partial charge is 0.469 e. The highest BCUT2D eigenvalue weighted by Gasteiger charge is 2.15. The quantitative estimate of drug-likeness (QED) is 0.500. The Morgan fingerprint density at radius 1 is 1.22 bits per heavy atom. The lowest BCUT2D eigenvalue weighted by Crippen LogP contribution is -2.09. The Kier molecular flexibility index (Phi) is 8.48. The van der Waals surface area contributed by atoms with Gasteiger partial charge in [-0.25, -0.2) is 0 Å². The summed E-state index contributed by atoms with van der Waals surface area (Å²) < 4.78 is 4.77. The number of carbonyl (C=O) groups is 1. The van der Waals surface area contributed by atoms with Crippen LogP contribution in [0.5, 0.6) is 0 Å².